The molecule has 2 fully saturated rings. The first-order valence-electron chi connectivity index (χ1n) is 5.55. The molecule has 4 heteroatoms. The van der Waals surface area contributed by atoms with Crippen molar-refractivity contribution in [2.24, 2.45) is 0 Å². The number of nitrogens with one attached hydrogen (secondary N) is 2. The van der Waals surface area contributed by atoms with Gasteiger partial charge in [0, 0.05) is 26.2 Å². The van der Waals surface area contributed by atoms with Crippen LogP contribution in [0.15, 0.2) is 0 Å². The molecule has 2 aliphatic rings. The van der Waals surface area contributed by atoms with Crippen LogP contribution in [0.1, 0.15) is 12.8 Å². The fraction of sp³-hybridized carbons (Fsp3) is 0.900. The van der Waals surface area contributed by atoms with Crippen LogP contribution in [0.4, 0.5) is 0 Å². The van der Waals surface area contributed by atoms with Gasteiger partial charge in [-0.05, 0) is 19.4 Å². The molecular formula is C10H19N3O. The highest BCUT2D eigenvalue weighted by atomic mass is 16.1. The van der Waals surface area contributed by atoms with Gasteiger partial charge in [0.1, 0.15) is 0 Å². The zero-order valence-corrected chi connectivity index (χ0v) is 8.59. The molecular weight excluding hydrogens is 178 g/mol. The molecule has 2 saturated heterocycles. The third kappa shape index (κ3) is 2.53. The maximum absolute atomic E-state index is 11.8. The molecule has 2 rings (SSSR count). The molecule has 0 aromatic rings. The lowest BCUT2D eigenvalue weighted by Gasteiger charge is -2.27. The van der Waals surface area contributed by atoms with E-state index in [9.17, 15) is 4.79 Å². The molecule has 1 unspecified atom stereocenters. The van der Waals surface area contributed by atoms with Gasteiger partial charge in [-0.15, -0.1) is 0 Å². The van der Waals surface area contributed by atoms with Crippen LogP contribution in [0.3, 0.4) is 0 Å². The van der Waals surface area contributed by atoms with E-state index in [-0.39, 0.29) is 6.04 Å². The van der Waals surface area contributed by atoms with Gasteiger partial charge in [0.25, 0.3) is 0 Å². The van der Waals surface area contributed by atoms with Crippen LogP contribution in [0.2, 0.25) is 0 Å². The van der Waals surface area contributed by atoms with E-state index in [0.29, 0.717) is 12.3 Å². The fourth-order valence-electron chi connectivity index (χ4n) is 2.16. The number of rotatable bonds is 3. The van der Waals surface area contributed by atoms with Crippen molar-refractivity contribution in [2.45, 2.75) is 18.9 Å². The van der Waals surface area contributed by atoms with Crippen LogP contribution in [0.5, 0.6) is 0 Å². The number of ketones is 1. The van der Waals surface area contributed by atoms with Gasteiger partial charge in [-0.1, -0.05) is 0 Å². The molecule has 1 atom stereocenters. The summed E-state index contributed by atoms with van der Waals surface area (Å²) in [7, 11) is 0. The topological polar surface area (TPSA) is 44.4 Å². The maximum Gasteiger partial charge on any atom is 0.163 e. The molecule has 2 aliphatic heterocycles. The highest BCUT2D eigenvalue weighted by Gasteiger charge is 2.23. The zero-order chi connectivity index (χ0) is 9.80. The molecule has 4 nitrogen and oxygen atoms in total. The number of carbonyl (C=O) groups excluding carboxylic acids is 1. The first-order valence-corrected chi connectivity index (χ1v) is 5.55. The van der Waals surface area contributed by atoms with E-state index in [2.05, 4.69) is 15.5 Å². The summed E-state index contributed by atoms with van der Waals surface area (Å²) in [6.07, 6.45) is 2.18. The molecule has 2 heterocycles. The van der Waals surface area contributed by atoms with Crippen LogP contribution < -0.4 is 10.6 Å². The molecule has 0 aliphatic carbocycles. The van der Waals surface area contributed by atoms with Crippen molar-refractivity contribution in [1.82, 2.24) is 15.5 Å². The number of hydrogen-bond acceptors (Lipinski definition) is 4. The number of carbonyl (C=O) groups is 1. The van der Waals surface area contributed by atoms with Crippen molar-refractivity contribution in [3.8, 4) is 0 Å². The normalized spacial score (nSPS) is 29.3. The van der Waals surface area contributed by atoms with E-state index in [1.807, 2.05) is 0 Å². The van der Waals surface area contributed by atoms with Gasteiger partial charge in [0.2, 0.25) is 0 Å². The second-order valence-corrected chi connectivity index (χ2v) is 4.14. The van der Waals surface area contributed by atoms with E-state index in [4.69, 9.17) is 0 Å². The summed E-state index contributed by atoms with van der Waals surface area (Å²) in [5.74, 6) is 0.379. The molecule has 80 valence electrons. The van der Waals surface area contributed by atoms with Crippen molar-refractivity contribution in [2.75, 3.05) is 39.3 Å². The summed E-state index contributed by atoms with van der Waals surface area (Å²) in [4.78, 5) is 14.0. The van der Waals surface area contributed by atoms with E-state index in [1.165, 1.54) is 0 Å². The number of hydrogen-bond donors (Lipinski definition) is 2. The summed E-state index contributed by atoms with van der Waals surface area (Å²) < 4.78 is 0. The standard InChI is InChI=1S/C10H19N3O/c14-10(9-2-1-3-12-9)8-13-6-4-11-5-7-13/h9,11-12H,1-8H2. The zero-order valence-electron chi connectivity index (χ0n) is 8.59. The van der Waals surface area contributed by atoms with E-state index < -0.39 is 0 Å². The van der Waals surface area contributed by atoms with Crippen LogP contribution in [0.25, 0.3) is 0 Å². The van der Waals surface area contributed by atoms with Gasteiger partial charge in [0.15, 0.2) is 5.78 Å². The lowest BCUT2D eigenvalue weighted by Crippen LogP contribution is -2.48. The Morgan fingerprint density at radius 3 is 2.71 bits per heavy atom. The lowest BCUT2D eigenvalue weighted by molar-refractivity contribution is -0.122. The number of piperazine rings is 1. The minimum atomic E-state index is 0.143. The van der Waals surface area contributed by atoms with Crippen LogP contribution in [0, 0.1) is 0 Å². The lowest BCUT2D eigenvalue weighted by atomic mass is 10.1. The van der Waals surface area contributed by atoms with E-state index >= 15 is 0 Å². The van der Waals surface area contributed by atoms with Crippen molar-refractivity contribution >= 4 is 5.78 Å². The van der Waals surface area contributed by atoms with Crippen LogP contribution >= 0.6 is 0 Å². The Bertz CT molecular complexity index is 196. The quantitative estimate of drug-likeness (QED) is 0.622. The van der Waals surface area contributed by atoms with Gasteiger partial charge in [-0.25, -0.2) is 0 Å². The second-order valence-electron chi connectivity index (χ2n) is 4.14. The molecule has 0 aromatic carbocycles. The first kappa shape index (κ1) is 10.1. The fourth-order valence-corrected chi connectivity index (χ4v) is 2.16. The summed E-state index contributed by atoms with van der Waals surface area (Å²) in [5.41, 5.74) is 0. The minimum absolute atomic E-state index is 0.143. The molecule has 14 heavy (non-hydrogen) atoms. The van der Waals surface area contributed by atoms with Gasteiger partial charge < -0.3 is 10.6 Å². The predicted molar refractivity (Wildman–Crippen MR) is 55.3 cm³/mol. The Morgan fingerprint density at radius 2 is 2.07 bits per heavy atom. The first-order chi connectivity index (χ1) is 6.86. The largest absolute Gasteiger partial charge is 0.314 e. The van der Waals surface area contributed by atoms with Crippen molar-refractivity contribution in [3.63, 3.8) is 0 Å². The molecule has 0 spiro atoms. The maximum atomic E-state index is 11.8. The minimum Gasteiger partial charge on any atom is -0.314 e. The Kier molecular flexibility index (Phi) is 3.50. The third-order valence-corrected chi connectivity index (χ3v) is 3.04. The van der Waals surface area contributed by atoms with E-state index in [0.717, 1.165) is 45.6 Å². The average Bonchev–Trinajstić information content (AvgIpc) is 2.72. The second kappa shape index (κ2) is 4.87. The van der Waals surface area contributed by atoms with Crippen LogP contribution in [-0.4, -0.2) is 56.0 Å². The van der Waals surface area contributed by atoms with Gasteiger partial charge >= 0.3 is 0 Å². The number of Topliss-reactive ketones (excluding diaryl/α,β-unsaturated/α-hetero) is 1. The molecule has 0 radical (unpaired) electrons. The third-order valence-electron chi connectivity index (χ3n) is 3.04. The van der Waals surface area contributed by atoms with Crippen LogP contribution in [-0.2, 0) is 4.79 Å². The predicted octanol–water partition coefficient (Wildman–Crippen LogP) is -0.787. The highest BCUT2D eigenvalue weighted by Crippen LogP contribution is 2.07. The van der Waals surface area contributed by atoms with Gasteiger partial charge in [-0.2, -0.15) is 0 Å². The van der Waals surface area contributed by atoms with Crippen molar-refractivity contribution < 1.29 is 4.79 Å². The number of nitrogens with zero attached hydrogens (tertiary/aromatic N) is 1. The van der Waals surface area contributed by atoms with E-state index in [1.54, 1.807) is 0 Å². The molecule has 0 bridgehead atoms. The SMILES string of the molecule is O=C(CN1CCNCC1)C1CCCN1. The van der Waals surface area contributed by atoms with Crippen molar-refractivity contribution in [3.05, 3.63) is 0 Å². The molecule has 2 N–H and O–H groups in total. The molecule has 0 saturated carbocycles. The Balaban J connectivity index is 1.75. The summed E-state index contributed by atoms with van der Waals surface area (Å²) >= 11 is 0. The summed E-state index contributed by atoms with van der Waals surface area (Å²) in [5, 5.41) is 6.54. The average molecular weight is 197 g/mol. The highest BCUT2D eigenvalue weighted by molar-refractivity contribution is 5.86. The van der Waals surface area contributed by atoms with Crippen molar-refractivity contribution in [1.29, 1.82) is 0 Å². The Hall–Kier alpha value is -0.450. The monoisotopic (exact) mass is 197 g/mol. The Labute approximate surface area is 85.0 Å². The summed E-state index contributed by atoms with van der Waals surface area (Å²) in [6, 6.07) is 0.143. The van der Waals surface area contributed by atoms with Gasteiger partial charge in [0.05, 0.1) is 12.6 Å². The van der Waals surface area contributed by atoms with Gasteiger partial charge in [-0.3, -0.25) is 9.69 Å². The molecule has 0 amide bonds. The molecule has 0 aromatic heterocycles. The summed E-state index contributed by atoms with van der Waals surface area (Å²) in [6.45, 7) is 5.71. The Morgan fingerprint density at radius 1 is 1.29 bits per heavy atom. The smallest absolute Gasteiger partial charge is 0.163 e.